The van der Waals surface area contributed by atoms with Crippen LogP contribution in [-0.2, 0) is 9.59 Å². The van der Waals surface area contributed by atoms with E-state index in [2.05, 4.69) is 0 Å². The third-order valence-corrected chi connectivity index (χ3v) is 4.81. The number of para-hydroxylation sites is 1. The van der Waals surface area contributed by atoms with Crippen molar-refractivity contribution < 1.29 is 9.59 Å². The average Bonchev–Trinajstić information content (AvgIpc) is 2.90. The molecule has 106 valence electrons. The molecule has 2 fully saturated rings. The van der Waals surface area contributed by atoms with Gasteiger partial charge in [0.05, 0.1) is 5.92 Å². The highest BCUT2D eigenvalue weighted by atomic mass is 32.2. The molecule has 0 N–H and O–H groups in total. The fourth-order valence-corrected chi connectivity index (χ4v) is 3.68. The van der Waals surface area contributed by atoms with E-state index in [-0.39, 0.29) is 17.7 Å². The summed E-state index contributed by atoms with van der Waals surface area (Å²) in [7, 11) is 0. The number of rotatable bonds is 2. The van der Waals surface area contributed by atoms with Crippen LogP contribution in [-0.4, -0.2) is 47.9 Å². The molecule has 1 aromatic carbocycles. The molecule has 1 atom stereocenters. The van der Waals surface area contributed by atoms with Gasteiger partial charge < -0.3 is 9.80 Å². The lowest BCUT2D eigenvalue weighted by Gasteiger charge is -2.28. The highest BCUT2D eigenvalue weighted by Gasteiger charge is 2.37. The van der Waals surface area contributed by atoms with Gasteiger partial charge in [-0.2, -0.15) is 11.8 Å². The predicted molar refractivity (Wildman–Crippen MR) is 80.8 cm³/mol. The summed E-state index contributed by atoms with van der Waals surface area (Å²) in [6.07, 6.45) is 0.345. The Hall–Kier alpha value is -1.49. The van der Waals surface area contributed by atoms with E-state index in [4.69, 9.17) is 0 Å². The molecule has 0 saturated carbocycles. The molecule has 3 rings (SSSR count). The third-order valence-electron chi connectivity index (χ3n) is 3.86. The van der Waals surface area contributed by atoms with Crippen molar-refractivity contribution in [3.8, 4) is 0 Å². The van der Waals surface area contributed by atoms with Gasteiger partial charge in [-0.3, -0.25) is 9.59 Å². The number of nitrogens with zero attached hydrogens (tertiary/aromatic N) is 2. The van der Waals surface area contributed by atoms with Crippen LogP contribution in [0.25, 0.3) is 0 Å². The van der Waals surface area contributed by atoms with E-state index in [0.717, 1.165) is 30.3 Å². The molecule has 0 unspecified atom stereocenters. The third kappa shape index (κ3) is 2.68. The van der Waals surface area contributed by atoms with E-state index in [1.807, 2.05) is 47.0 Å². The largest absolute Gasteiger partial charge is 0.341 e. The Bertz CT molecular complexity index is 500. The monoisotopic (exact) mass is 290 g/mol. The van der Waals surface area contributed by atoms with E-state index in [9.17, 15) is 9.59 Å². The Morgan fingerprint density at radius 2 is 1.85 bits per heavy atom. The standard InChI is InChI=1S/C15H18N2O2S/c18-14-10-12(15(19)16-6-8-20-9-7-16)11-17(14)13-4-2-1-3-5-13/h1-5,12H,6-11H2/t12-/m1/s1. The molecule has 0 radical (unpaired) electrons. The lowest BCUT2D eigenvalue weighted by atomic mass is 10.1. The summed E-state index contributed by atoms with van der Waals surface area (Å²) in [5, 5.41) is 0. The first-order chi connectivity index (χ1) is 9.75. The first-order valence-electron chi connectivity index (χ1n) is 6.97. The van der Waals surface area contributed by atoms with Gasteiger partial charge in [0, 0.05) is 43.2 Å². The first kappa shape index (κ1) is 13.5. The zero-order chi connectivity index (χ0) is 13.9. The van der Waals surface area contributed by atoms with Gasteiger partial charge in [0.2, 0.25) is 11.8 Å². The first-order valence-corrected chi connectivity index (χ1v) is 8.13. The quantitative estimate of drug-likeness (QED) is 0.831. The summed E-state index contributed by atoms with van der Waals surface area (Å²) in [6, 6.07) is 9.60. The molecule has 0 spiro atoms. The number of carbonyl (C=O) groups excluding carboxylic acids is 2. The second-order valence-electron chi connectivity index (χ2n) is 5.18. The van der Waals surface area contributed by atoms with Gasteiger partial charge in [0.25, 0.3) is 0 Å². The number of benzene rings is 1. The van der Waals surface area contributed by atoms with Crippen molar-refractivity contribution in [1.29, 1.82) is 0 Å². The molecule has 2 amide bonds. The second-order valence-corrected chi connectivity index (χ2v) is 6.40. The molecule has 0 aliphatic carbocycles. The van der Waals surface area contributed by atoms with E-state index in [0.29, 0.717) is 13.0 Å². The predicted octanol–water partition coefficient (Wildman–Crippen LogP) is 1.61. The fraction of sp³-hybridized carbons (Fsp3) is 0.467. The molecule has 2 saturated heterocycles. The van der Waals surface area contributed by atoms with Crippen LogP contribution in [0.15, 0.2) is 30.3 Å². The smallest absolute Gasteiger partial charge is 0.228 e. The molecule has 0 aromatic heterocycles. The van der Waals surface area contributed by atoms with Crippen LogP contribution in [0.3, 0.4) is 0 Å². The topological polar surface area (TPSA) is 40.6 Å². The van der Waals surface area contributed by atoms with E-state index >= 15 is 0 Å². The van der Waals surface area contributed by atoms with Crippen LogP contribution in [0.4, 0.5) is 5.69 Å². The number of hydrogen-bond acceptors (Lipinski definition) is 3. The van der Waals surface area contributed by atoms with Crippen molar-refractivity contribution in [3.63, 3.8) is 0 Å². The Kier molecular flexibility index (Phi) is 3.96. The van der Waals surface area contributed by atoms with Gasteiger partial charge >= 0.3 is 0 Å². The minimum atomic E-state index is -0.175. The van der Waals surface area contributed by atoms with Gasteiger partial charge in [-0.05, 0) is 12.1 Å². The summed E-state index contributed by atoms with van der Waals surface area (Å²) in [5.41, 5.74) is 0.891. The summed E-state index contributed by atoms with van der Waals surface area (Å²) < 4.78 is 0. The summed E-state index contributed by atoms with van der Waals surface area (Å²) in [5.74, 6) is 2.05. The van der Waals surface area contributed by atoms with Crippen molar-refractivity contribution >= 4 is 29.3 Å². The number of anilines is 1. The van der Waals surface area contributed by atoms with E-state index in [1.165, 1.54) is 0 Å². The van der Waals surface area contributed by atoms with Crippen LogP contribution in [0.2, 0.25) is 0 Å². The van der Waals surface area contributed by atoms with E-state index in [1.54, 1.807) is 4.90 Å². The maximum atomic E-state index is 12.5. The number of carbonyl (C=O) groups is 2. The molecule has 0 bridgehead atoms. The lowest BCUT2D eigenvalue weighted by Crippen LogP contribution is -2.42. The van der Waals surface area contributed by atoms with Crippen LogP contribution >= 0.6 is 11.8 Å². The number of amides is 2. The zero-order valence-corrected chi connectivity index (χ0v) is 12.1. The summed E-state index contributed by atoms with van der Waals surface area (Å²) >= 11 is 1.89. The SMILES string of the molecule is O=C([C@@H]1CC(=O)N(c2ccccc2)C1)N1CCSCC1. The van der Waals surface area contributed by atoms with Gasteiger partial charge in [-0.15, -0.1) is 0 Å². The minimum Gasteiger partial charge on any atom is -0.341 e. The molecule has 20 heavy (non-hydrogen) atoms. The number of hydrogen-bond donors (Lipinski definition) is 0. The molecule has 4 nitrogen and oxygen atoms in total. The van der Waals surface area contributed by atoms with Crippen molar-refractivity contribution in [1.82, 2.24) is 4.90 Å². The fourth-order valence-electron chi connectivity index (χ4n) is 2.77. The molecule has 2 aliphatic rings. The van der Waals surface area contributed by atoms with Crippen molar-refractivity contribution in [2.75, 3.05) is 36.0 Å². The van der Waals surface area contributed by atoms with Crippen molar-refractivity contribution in [3.05, 3.63) is 30.3 Å². The highest BCUT2D eigenvalue weighted by Crippen LogP contribution is 2.26. The summed E-state index contributed by atoms with van der Waals surface area (Å²) in [6.45, 7) is 2.16. The average molecular weight is 290 g/mol. The molecule has 2 aliphatic heterocycles. The zero-order valence-electron chi connectivity index (χ0n) is 11.3. The Morgan fingerprint density at radius 1 is 1.15 bits per heavy atom. The second kappa shape index (κ2) is 5.87. The van der Waals surface area contributed by atoms with Gasteiger partial charge in [-0.25, -0.2) is 0 Å². The van der Waals surface area contributed by atoms with Crippen LogP contribution < -0.4 is 4.90 Å². The Balaban J connectivity index is 1.68. The molecular weight excluding hydrogens is 272 g/mol. The van der Waals surface area contributed by atoms with E-state index < -0.39 is 0 Å². The lowest BCUT2D eigenvalue weighted by molar-refractivity contribution is -0.135. The molecule has 1 aromatic rings. The Morgan fingerprint density at radius 3 is 2.55 bits per heavy atom. The molecule has 2 heterocycles. The Labute approximate surface area is 123 Å². The molecule has 5 heteroatoms. The van der Waals surface area contributed by atoms with Crippen LogP contribution in [0, 0.1) is 5.92 Å². The normalized spacial score (nSPS) is 23.2. The van der Waals surface area contributed by atoms with Crippen molar-refractivity contribution in [2.24, 2.45) is 5.92 Å². The summed E-state index contributed by atoms with van der Waals surface area (Å²) in [4.78, 5) is 28.2. The van der Waals surface area contributed by atoms with Gasteiger partial charge in [-0.1, -0.05) is 18.2 Å². The van der Waals surface area contributed by atoms with Crippen LogP contribution in [0.1, 0.15) is 6.42 Å². The van der Waals surface area contributed by atoms with Gasteiger partial charge in [0.15, 0.2) is 0 Å². The van der Waals surface area contributed by atoms with Gasteiger partial charge in [0.1, 0.15) is 0 Å². The number of thioether (sulfide) groups is 1. The molecular formula is C15H18N2O2S. The van der Waals surface area contributed by atoms with Crippen molar-refractivity contribution in [2.45, 2.75) is 6.42 Å². The minimum absolute atomic E-state index is 0.0564. The highest BCUT2D eigenvalue weighted by molar-refractivity contribution is 7.99. The van der Waals surface area contributed by atoms with Crippen LogP contribution in [0.5, 0.6) is 0 Å². The maximum Gasteiger partial charge on any atom is 0.228 e. The maximum absolute atomic E-state index is 12.5.